The molecular formula is C8H10Cl2N4. The van der Waals surface area contributed by atoms with Crippen LogP contribution in [-0.2, 0) is 0 Å². The summed E-state index contributed by atoms with van der Waals surface area (Å²) >= 11 is 11.3. The Bertz CT molecular complexity index is 331. The summed E-state index contributed by atoms with van der Waals surface area (Å²) in [5.41, 5.74) is 0.394. The third-order valence-electron chi connectivity index (χ3n) is 2.36. The summed E-state index contributed by atoms with van der Waals surface area (Å²) in [6.07, 6.45) is 2.49. The largest absolute Gasteiger partial charge is 0.354 e. The standard InChI is InChI=1S/C8H10Cl2N4/c1-8(2-3-8)4-11-7-13-5(9)12-6(10)14-7/h2-4H2,1H3,(H,11,12,13,14). The summed E-state index contributed by atoms with van der Waals surface area (Å²) in [4.78, 5) is 11.5. The number of halogens is 2. The highest BCUT2D eigenvalue weighted by Gasteiger charge is 2.36. The molecule has 2 rings (SSSR count). The molecule has 1 heterocycles. The maximum Gasteiger partial charge on any atom is 0.228 e. The number of aromatic nitrogens is 3. The van der Waals surface area contributed by atoms with E-state index in [9.17, 15) is 0 Å². The number of anilines is 1. The van der Waals surface area contributed by atoms with Crippen LogP contribution in [0.1, 0.15) is 19.8 Å². The van der Waals surface area contributed by atoms with E-state index in [0.29, 0.717) is 11.4 Å². The lowest BCUT2D eigenvalue weighted by Gasteiger charge is -2.09. The van der Waals surface area contributed by atoms with Crippen molar-refractivity contribution in [3.8, 4) is 0 Å². The van der Waals surface area contributed by atoms with Gasteiger partial charge in [-0.3, -0.25) is 0 Å². The lowest BCUT2D eigenvalue weighted by Crippen LogP contribution is -2.14. The van der Waals surface area contributed by atoms with Crippen LogP contribution in [0.2, 0.25) is 10.6 Å². The molecule has 0 atom stereocenters. The predicted octanol–water partition coefficient (Wildman–Crippen LogP) is 2.39. The van der Waals surface area contributed by atoms with Gasteiger partial charge >= 0.3 is 0 Å². The molecule has 14 heavy (non-hydrogen) atoms. The van der Waals surface area contributed by atoms with E-state index in [-0.39, 0.29) is 10.6 Å². The first-order chi connectivity index (χ1) is 6.57. The predicted molar refractivity (Wildman–Crippen MR) is 55.7 cm³/mol. The zero-order chi connectivity index (χ0) is 10.2. The SMILES string of the molecule is CC1(CNc2nc(Cl)nc(Cl)n2)CC1. The fourth-order valence-electron chi connectivity index (χ4n) is 1.09. The molecule has 1 N–H and O–H groups in total. The van der Waals surface area contributed by atoms with Gasteiger partial charge in [0.2, 0.25) is 16.5 Å². The highest BCUT2D eigenvalue weighted by atomic mass is 35.5. The van der Waals surface area contributed by atoms with Gasteiger partial charge in [-0.1, -0.05) is 6.92 Å². The second-order valence-electron chi connectivity index (χ2n) is 3.86. The minimum Gasteiger partial charge on any atom is -0.354 e. The Morgan fingerprint density at radius 1 is 1.21 bits per heavy atom. The third kappa shape index (κ3) is 2.45. The molecule has 0 unspecified atom stereocenters. The van der Waals surface area contributed by atoms with Gasteiger partial charge in [-0.25, -0.2) is 0 Å². The van der Waals surface area contributed by atoms with Crippen molar-refractivity contribution in [3.63, 3.8) is 0 Å². The topological polar surface area (TPSA) is 50.7 Å². The molecule has 76 valence electrons. The van der Waals surface area contributed by atoms with Crippen molar-refractivity contribution in [2.75, 3.05) is 11.9 Å². The summed E-state index contributed by atoms with van der Waals surface area (Å²) in [6.45, 7) is 3.06. The van der Waals surface area contributed by atoms with Gasteiger partial charge in [-0.05, 0) is 41.5 Å². The molecule has 1 aromatic rings. The third-order valence-corrected chi connectivity index (χ3v) is 2.70. The number of nitrogens with one attached hydrogen (secondary N) is 1. The molecule has 0 aliphatic heterocycles. The molecule has 0 aromatic carbocycles. The second kappa shape index (κ2) is 3.51. The van der Waals surface area contributed by atoms with Gasteiger partial charge in [0, 0.05) is 6.54 Å². The van der Waals surface area contributed by atoms with Crippen LogP contribution in [0.4, 0.5) is 5.95 Å². The van der Waals surface area contributed by atoms with E-state index in [4.69, 9.17) is 23.2 Å². The van der Waals surface area contributed by atoms with E-state index >= 15 is 0 Å². The van der Waals surface area contributed by atoms with Gasteiger partial charge in [0.05, 0.1) is 0 Å². The Morgan fingerprint density at radius 3 is 2.29 bits per heavy atom. The smallest absolute Gasteiger partial charge is 0.228 e. The van der Waals surface area contributed by atoms with Crippen molar-refractivity contribution >= 4 is 29.2 Å². The van der Waals surface area contributed by atoms with Crippen LogP contribution in [0.25, 0.3) is 0 Å². The molecular weight excluding hydrogens is 223 g/mol. The molecule has 1 saturated carbocycles. The van der Waals surface area contributed by atoms with Crippen LogP contribution >= 0.6 is 23.2 Å². The van der Waals surface area contributed by atoms with Crippen LogP contribution in [0.15, 0.2) is 0 Å². The minimum atomic E-state index is 0.119. The van der Waals surface area contributed by atoms with Crippen molar-refractivity contribution < 1.29 is 0 Å². The van der Waals surface area contributed by atoms with Crippen molar-refractivity contribution in [2.45, 2.75) is 19.8 Å². The average molecular weight is 233 g/mol. The molecule has 4 nitrogen and oxygen atoms in total. The fraction of sp³-hybridized carbons (Fsp3) is 0.625. The zero-order valence-electron chi connectivity index (χ0n) is 7.72. The van der Waals surface area contributed by atoms with Crippen molar-refractivity contribution in [2.24, 2.45) is 5.41 Å². The van der Waals surface area contributed by atoms with Gasteiger partial charge in [-0.15, -0.1) is 0 Å². The molecule has 0 bridgehead atoms. The summed E-state index contributed by atoms with van der Waals surface area (Å²) in [7, 11) is 0. The number of hydrogen-bond acceptors (Lipinski definition) is 4. The minimum absolute atomic E-state index is 0.119. The van der Waals surface area contributed by atoms with Gasteiger partial charge in [0.1, 0.15) is 0 Å². The van der Waals surface area contributed by atoms with Crippen LogP contribution in [0.5, 0.6) is 0 Å². The fourth-order valence-corrected chi connectivity index (χ4v) is 1.45. The normalized spacial score (nSPS) is 17.9. The average Bonchev–Trinajstić information content (AvgIpc) is 2.80. The molecule has 1 aromatic heterocycles. The molecule has 6 heteroatoms. The quantitative estimate of drug-likeness (QED) is 0.870. The first kappa shape index (κ1) is 9.93. The van der Waals surface area contributed by atoms with E-state index in [1.54, 1.807) is 0 Å². The van der Waals surface area contributed by atoms with E-state index < -0.39 is 0 Å². The Kier molecular flexibility index (Phi) is 2.49. The Hall–Kier alpha value is -0.610. The van der Waals surface area contributed by atoms with Crippen LogP contribution < -0.4 is 5.32 Å². The van der Waals surface area contributed by atoms with E-state index in [1.807, 2.05) is 0 Å². The Morgan fingerprint density at radius 2 is 1.79 bits per heavy atom. The van der Waals surface area contributed by atoms with Crippen LogP contribution in [-0.4, -0.2) is 21.5 Å². The van der Waals surface area contributed by atoms with Crippen molar-refractivity contribution in [1.82, 2.24) is 15.0 Å². The maximum absolute atomic E-state index is 5.63. The molecule has 0 amide bonds. The van der Waals surface area contributed by atoms with E-state index in [0.717, 1.165) is 6.54 Å². The second-order valence-corrected chi connectivity index (χ2v) is 4.54. The maximum atomic E-state index is 5.63. The molecule has 1 fully saturated rings. The van der Waals surface area contributed by atoms with Gasteiger partial charge in [-0.2, -0.15) is 15.0 Å². The molecule has 1 aliphatic rings. The zero-order valence-corrected chi connectivity index (χ0v) is 9.23. The summed E-state index contributed by atoms with van der Waals surface area (Å²) in [5.74, 6) is 0.447. The highest BCUT2D eigenvalue weighted by molar-refractivity contribution is 6.31. The highest BCUT2D eigenvalue weighted by Crippen LogP contribution is 2.44. The first-order valence-electron chi connectivity index (χ1n) is 4.38. The number of nitrogens with zero attached hydrogens (tertiary/aromatic N) is 3. The lowest BCUT2D eigenvalue weighted by molar-refractivity contribution is 0.607. The first-order valence-corrected chi connectivity index (χ1v) is 5.14. The van der Waals surface area contributed by atoms with Crippen molar-refractivity contribution in [1.29, 1.82) is 0 Å². The molecule has 0 saturated heterocycles. The summed E-state index contributed by atoms with van der Waals surface area (Å²) in [5, 5.41) is 3.34. The van der Waals surface area contributed by atoms with Gasteiger partial charge < -0.3 is 5.32 Å². The van der Waals surface area contributed by atoms with Crippen LogP contribution in [0, 0.1) is 5.41 Å². The summed E-state index contributed by atoms with van der Waals surface area (Å²) < 4.78 is 0. The van der Waals surface area contributed by atoms with Crippen molar-refractivity contribution in [3.05, 3.63) is 10.6 Å². The van der Waals surface area contributed by atoms with Gasteiger partial charge in [0.15, 0.2) is 0 Å². The number of hydrogen-bond donors (Lipinski definition) is 1. The van der Waals surface area contributed by atoms with Crippen LogP contribution in [0.3, 0.4) is 0 Å². The monoisotopic (exact) mass is 232 g/mol. The number of rotatable bonds is 3. The Labute approximate surface area is 92.1 Å². The summed E-state index contributed by atoms with van der Waals surface area (Å²) in [6, 6.07) is 0. The van der Waals surface area contributed by atoms with E-state index in [2.05, 4.69) is 27.2 Å². The van der Waals surface area contributed by atoms with E-state index in [1.165, 1.54) is 12.8 Å². The molecule has 0 spiro atoms. The Balaban J connectivity index is 2.01. The molecule has 1 aliphatic carbocycles. The molecule has 0 radical (unpaired) electrons. The van der Waals surface area contributed by atoms with Gasteiger partial charge in [0.25, 0.3) is 0 Å². The lowest BCUT2D eigenvalue weighted by atomic mass is 10.1.